The Kier molecular flexibility index (Phi) is 5.61. The monoisotopic (exact) mass is 320 g/mol. The highest BCUT2D eigenvalue weighted by Gasteiger charge is 2.10. The lowest BCUT2D eigenvalue weighted by atomic mass is 10.1. The van der Waals surface area contributed by atoms with Gasteiger partial charge in [0, 0.05) is 9.38 Å². The Bertz CT molecular complexity index is 613. The molecule has 1 rings (SSSR count). The van der Waals surface area contributed by atoms with E-state index < -0.39 is 5.97 Å². The number of benzene rings is 1. The Morgan fingerprint density at radius 3 is 3.00 bits per heavy atom. The van der Waals surface area contributed by atoms with Crippen molar-refractivity contribution >= 4 is 28.0 Å². The van der Waals surface area contributed by atoms with Crippen LogP contribution in [-0.2, 0) is 9.53 Å². The van der Waals surface area contributed by atoms with Gasteiger partial charge in [-0.15, -0.1) is 0 Å². The van der Waals surface area contributed by atoms with Crippen LogP contribution >= 0.6 is 15.9 Å². The molecule has 96 valence electrons. The fourth-order valence-electron chi connectivity index (χ4n) is 1.25. The Hall–Kier alpha value is -2.29. The van der Waals surface area contributed by atoms with Crippen LogP contribution in [0, 0.1) is 11.3 Å². The first kappa shape index (κ1) is 14.8. The van der Waals surface area contributed by atoms with Gasteiger partial charge in [-0.2, -0.15) is 5.26 Å². The van der Waals surface area contributed by atoms with E-state index in [9.17, 15) is 4.79 Å². The number of hydrogen-bond donors (Lipinski definition) is 0. The summed E-state index contributed by atoms with van der Waals surface area (Å²) in [6.07, 6.45) is 1.36. The highest BCUT2D eigenvalue weighted by Crippen LogP contribution is 2.21. The average molecular weight is 321 g/mol. The van der Waals surface area contributed by atoms with Crippen molar-refractivity contribution in [3.05, 3.63) is 49.9 Å². The van der Waals surface area contributed by atoms with Crippen molar-refractivity contribution in [1.29, 1.82) is 5.26 Å². The van der Waals surface area contributed by atoms with Crippen molar-refractivity contribution in [3.63, 3.8) is 0 Å². The number of carbonyl (C=O) groups excluding carboxylic acids is 1. The Morgan fingerprint density at radius 2 is 2.42 bits per heavy atom. The van der Waals surface area contributed by atoms with E-state index in [0.29, 0.717) is 15.6 Å². The summed E-state index contributed by atoms with van der Waals surface area (Å²) in [5, 5.41) is 12.1. The molecule has 0 fully saturated rings. The van der Waals surface area contributed by atoms with Crippen LogP contribution in [0.2, 0.25) is 0 Å². The number of rotatable bonds is 4. The third-order valence-electron chi connectivity index (χ3n) is 2.05. The molecule has 1 aromatic carbocycles. The molecule has 0 N–H and O–H groups in total. The number of halogens is 1. The maximum atomic E-state index is 11.6. The van der Waals surface area contributed by atoms with Crippen LogP contribution in [-0.4, -0.2) is 12.6 Å². The van der Waals surface area contributed by atoms with Crippen LogP contribution in [0.4, 0.5) is 0 Å². The Labute approximate surface area is 118 Å². The first-order chi connectivity index (χ1) is 9.12. The predicted octanol–water partition coefficient (Wildman–Crippen LogP) is 3.54. The second kappa shape index (κ2) is 7.21. The molecular formula is C12H9BrN4O2. The summed E-state index contributed by atoms with van der Waals surface area (Å²) in [5.74, 6) is -0.713. The minimum absolute atomic E-state index is 0.167. The number of esters is 1. The summed E-state index contributed by atoms with van der Waals surface area (Å²) in [6.45, 7) is 1.83. The first-order valence-electron chi connectivity index (χ1n) is 5.26. The van der Waals surface area contributed by atoms with Crippen LogP contribution in [0.15, 0.2) is 33.5 Å². The fourth-order valence-corrected chi connectivity index (χ4v) is 1.61. The van der Waals surface area contributed by atoms with Gasteiger partial charge in [0.1, 0.15) is 5.70 Å². The molecule has 6 nitrogen and oxygen atoms in total. The second-order valence-electron chi connectivity index (χ2n) is 3.29. The standard InChI is InChI=1S/C12H9BrN4O2/c1-2-19-12(18)11(16-17-15)6-9-5-8(7-14)3-4-10(9)13/h3-6H,2H2,1H3. The van der Waals surface area contributed by atoms with E-state index in [0.717, 1.165) is 0 Å². The zero-order chi connectivity index (χ0) is 14.3. The van der Waals surface area contributed by atoms with Crippen LogP contribution in [0.3, 0.4) is 0 Å². The third-order valence-corrected chi connectivity index (χ3v) is 2.78. The summed E-state index contributed by atoms with van der Waals surface area (Å²) in [6, 6.07) is 6.84. The number of nitrogens with zero attached hydrogens (tertiary/aromatic N) is 4. The summed E-state index contributed by atoms with van der Waals surface area (Å²) < 4.78 is 5.44. The van der Waals surface area contributed by atoms with E-state index in [1.807, 2.05) is 6.07 Å². The minimum atomic E-state index is -0.713. The topological polar surface area (TPSA) is 98.9 Å². The quantitative estimate of drug-likeness (QED) is 0.279. The number of hydrogen-bond acceptors (Lipinski definition) is 4. The number of nitriles is 1. The molecule has 0 unspecified atom stereocenters. The van der Waals surface area contributed by atoms with E-state index in [1.165, 1.54) is 6.08 Å². The maximum Gasteiger partial charge on any atom is 0.340 e. The molecule has 0 bridgehead atoms. The molecule has 0 aliphatic carbocycles. The second-order valence-corrected chi connectivity index (χ2v) is 4.14. The van der Waals surface area contributed by atoms with Crippen LogP contribution in [0.5, 0.6) is 0 Å². The Balaban J connectivity index is 3.26. The van der Waals surface area contributed by atoms with E-state index >= 15 is 0 Å². The molecule has 0 heterocycles. The predicted molar refractivity (Wildman–Crippen MR) is 72.6 cm³/mol. The number of azide groups is 1. The summed E-state index contributed by atoms with van der Waals surface area (Å²) in [5.41, 5.74) is 9.26. The highest BCUT2D eigenvalue weighted by molar-refractivity contribution is 9.10. The van der Waals surface area contributed by atoms with Crippen molar-refractivity contribution < 1.29 is 9.53 Å². The van der Waals surface area contributed by atoms with Crippen molar-refractivity contribution in [3.8, 4) is 6.07 Å². The largest absolute Gasteiger partial charge is 0.462 e. The van der Waals surface area contributed by atoms with Crippen molar-refractivity contribution in [2.24, 2.45) is 5.11 Å². The molecule has 0 saturated heterocycles. The van der Waals surface area contributed by atoms with Crippen LogP contribution < -0.4 is 0 Å². The summed E-state index contributed by atoms with van der Waals surface area (Å²) in [4.78, 5) is 14.2. The molecule has 0 aliphatic rings. The maximum absolute atomic E-state index is 11.6. The molecule has 1 aromatic rings. The van der Waals surface area contributed by atoms with Gasteiger partial charge in [0.2, 0.25) is 0 Å². The highest BCUT2D eigenvalue weighted by atomic mass is 79.9. The van der Waals surface area contributed by atoms with Crippen molar-refractivity contribution in [2.75, 3.05) is 6.61 Å². The fraction of sp³-hybridized carbons (Fsp3) is 0.167. The number of ether oxygens (including phenoxy) is 1. The van der Waals surface area contributed by atoms with Gasteiger partial charge in [-0.25, -0.2) is 4.79 Å². The lowest BCUT2D eigenvalue weighted by molar-refractivity contribution is -0.138. The molecule has 0 atom stereocenters. The van der Waals surface area contributed by atoms with Gasteiger partial charge in [0.25, 0.3) is 0 Å². The smallest absolute Gasteiger partial charge is 0.340 e. The summed E-state index contributed by atoms with van der Waals surface area (Å²) in [7, 11) is 0. The van der Waals surface area contributed by atoms with Crippen LogP contribution in [0.25, 0.3) is 16.5 Å². The van der Waals surface area contributed by atoms with E-state index in [2.05, 4.69) is 26.0 Å². The van der Waals surface area contributed by atoms with Crippen molar-refractivity contribution in [1.82, 2.24) is 0 Å². The lowest BCUT2D eigenvalue weighted by Gasteiger charge is -2.03. The van der Waals surface area contributed by atoms with Gasteiger partial charge in [0.05, 0.1) is 18.2 Å². The van der Waals surface area contributed by atoms with Gasteiger partial charge in [-0.1, -0.05) is 21.0 Å². The normalized spacial score (nSPS) is 10.3. The van der Waals surface area contributed by atoms with Gasteiger partial charge in [0.15, 0.2) is 0 Å². The van der Waals surface area contributed by atoms with Gasteiger partial charge < -0.3 is 4.74 Å². The molecule has 0 aliphatic heterocycles. The lowest BCUT2D eigenvalue weighted by Crippen LogP contribution is -2.05. The van der Waals surface area contributed by atoms with E-state index in [1.54, 1.807) is 25.1 Å². The van der Waals surface area contributed by atoms with Gasteiger partial charge in [-0.3, -0.25) is 0 Å². The minimum Gasteiger partial charge on any atom is -0.462 e. The molecule has 19 heavy (non-hydrogen) atoms. The zero-order valence-corrected chi connectivity index (χ0v) is 11.6. The molecule has 0 spiro atoms. The SMILES string of the molecule is CCOC(=O)C(=Cc1cc(C#N)ccc1Br)N=[N+]=[N-]. The molecule has 0 amide bonds. The van der Waals surface area contributed by atoms with Crippen molar-refractivity contribution in [2.45, 2.75) is 6.92 Å². The molecule has 0 radical (unpaired) electrons. The van der Waals surface area contributed by atoms with E-state index in [4.69, 9.17) is 15.5 Å². The average Bonchev–Trinajstić information content (AvgIpc) is 2.40. The zero-order valence-electron chi connectivity index (χ0n) is 10.00. The van der Waals surface area contributed by atoms with Crippen LogP contribution in [0.1, 0.15) is 18.1 Å². The molecule has 0 aromatic heterocycles. The van der Waals surface area contributed by atoms with Gasteiger partial charge in [-0.05, 0) is 42.3 Å². The summed E-state index contributed by atoms with van der Waals surface area (Å²) >= 11 is 3.29. The van der Waals surface area contributed by atoms with E-state index in [-0.39, 0.29) is 12.3 Å². The van der Waals surface area contributed by atoms with Gasteiger partial charge >= 0.3 is 5.97 Å². The third kappa shape index (κ3) is 4.14. The molecular weight excluding hydrogens is 312 g/mol. The Morgan fingerprint density at radius 1 is 1.68 bits per heavy atom. The molecule has 7 heteroatoms. The number of carbonyl (C=O) groups is 1. The molecule has 0 saturated carbocycles. The first-order valence-corrected chi connectivity index (χ1v) is 6.05.